The minimum Gasteiger partial charge on any atom is -0.508 e. The molecular formula is C26H26N6O3. The first-order chi connectivity index (χ1) is 16.9. The standard InChI is InChI=1S/C26H26N6O3/c1-3-22(34)30-18-12-17(13-20(33)14-18)21-15-31(26-24(21)25(27)28-16-29-26)10-11-32(23(35)4-2)19-8-6-5-7-9-19/h3-9,12-16,22,30,33-34H,1-2,10-11H2,(H2,27,28,29). The first-order valence-corrected chi connectivity index (χ1v) is 10.9. The van der Waals surface area contributed by atoms with Gasteiger partial charge in [0.2, 0.25) is 5.91 Å². The third kappa shape index (κ3) is 4.99. The Morgan fingerprint density at radius 1 is 1.20 bits per heavy atom. The van der Waals surface area contributed by atoms with Crippen LogP contribution in [0.15, 0.2) is 86.4 Å². The number of nitrogens with zero attached hydrogens (tertiary/aromatic N) is 4. The van der Waals surface area contributed by atoms with Gasteiger partial charge in [-0.3, -0.25) is 4.79 Å². The predicted octanol–water partition coefficient (Wildman–Crippen LogP) is 3.52. The van der Waals surface area contributed by atoms with E-state index >= 15 is 0 Å². The smallest absolute Gasteiger partial charge is 0.250 e. The topological polar surface area (TPSA) is 130 Å². The third-order valence-corrected chi connectivity index (χ3v) is 5.52. The van der Waals surface area contributed by atoms with E-state index < -0.39 is 6.23 Å². The fourth-order valence-corrected chi connectivity index (χ4v) is 3.91. The number of phenolic OH excluding ortho intramolecular Hbond substituents is 1. The molecule has 0 saturated heterocycles. The molecule has 4 aromatic rings. The fraction of sp³-hybridized carbons (Fsp3) is 0.115. The summed E-state index contributed by atoms with van der Waals surface area (Å²) in [5, 5.41) is 23.6. The Bertz CT molecular complexity index is 1380. The number of carbonyl (C=O) groups excluding carboxylic acids is 1. The molecule has 2 aromatic carbocycles. The highest BCUT2D eigenvalue weighted by Gasteiger charge is 2.18. The summed E-state index contributed by atoms with van der Waals surface area (Å²) in [5.74, 6) is 0.0747. The zero-order valence-corrected chi connectivity index (χ0v) is 19.0. The summed E-state index contributed by atoms with van der Waals surface area (Å²) in [6.07, 6.45) is 4.89. The molecule has 2 heterocycles. The molecule has 0 aliphatic heterocycles. The molecule has 0 bridgehead atoms. The molecule has 0 spiro atoms. The van der Waals surface area contributed by atoms with Crippen molar-refractivity contribution in [2.45, 2.75) is 12.8 Å². The molecule has 9 heteroatoms. The largest absolute Gasteiger partial charge is 0.508 e. The van der Waals surface area contributed by atoms with Crippen molar-refractivity contribution in [2.75, 3.05) is 22.5 Å². The molecule has 5 N–H and O–H groups in total. The minimum atomic E-state index is -0.981. The van der Waals surface area contributed by atoms with E-state index in [1.807, 2.05) is 41.1 Å². The van der Waals surface area contributed by atoms with Crippen LogP contribution >= 0.6 is 0 Å². The number of rotatable bonds is 9. The number of phenols is 1. The van der Waals surface area contributed by atoms with Gasteiger partial charge in [-0.15, -0.1) is 0 Å². The molecule has 9 nitrogen and oxygen atoms in total. The number of amides is 1. The summed E-state index contributed by atoms with van der Waals surface area (Å²) in [6, 6.07) is 14.2. The number of aromatic hydroxyl groups is 1. The number of aliphatic hydroxyl groups excluding tert-OH is 1. The van der Waals surface area contributed by atoms with Crippen LogP contribution in [0.4, 0.5) is 17.2 Å². The highest BCUT2D eigenvalue weighted by Crippen LogP contribution is 2.36. The van der Waals surface area contributed by atoms with E-state index in [0.717, 1.165) is 5.69 Å². The van der Waals surface area contributed by atoms with Crippen molar-refractivity contribution in [3.63, 3.8) is 0 Å². The van der Waals surface area contributed by atoms with Crippen molar-refractivity contribution in [3.05, 3.63) is 86.4 Å². The lowest BCUT2D eigenvalue weighted by molar-refractivity contribution is -0.114. The van der Waals surface area contributed by atoms with Gasteiger partial charge in [-0.2, -0.15) is 0 Å². The molecule has 0 aliphatic carbocycles. The number of nitrogens with one attached hydrogen (secondary N) is 1. The number of nitrogens with two attached hydrogens (primary N) is 1. The van der Waals surface area contributed by atoms with Crippen molar-refractivity contribution in [3.8, 4) is 16.9 Å². The lowest BCUT2D eigenvalue weighted by Gasteiger charge is -2.21. The number of aromatic nitrogens is 3. The number of para-hydroxylation sites is 1. The molecule has 0 aliphatic rings. The fourth-order valence-electron chi connectivity index (χ4n) is 3.91. The number of anilines is 3. The van der Waals surface area contributed by atoms with Gasteiger partial charge in [-0.1, -0.05) is 31.4 Å². The second kappa shape index (κ2) is 10.1. The van der Waals surface area contributed by atoms with Crippen LogP contribution in [0.5, 0.6) is 5.75 Å². The van der Waals surface area contributed by atoms with Gasteiger partial charge in [0.05, 0.1) is 5.39 Å². The maximum Gasteiger partial charge on any atom is 0.250 e. The second-order valence-electron chi connectivity index (χ2n) is 7.82. The van der Waals surface area contributed by atoms with E-state index in [-0.39, 0.29) is 17.5 Å². The van der Waals surface area contributed by atoms with Crippen LogP contribution in [0.2, 0.25) is 0 Å². The van der Waals surface area contributed by atoms with E-state index in [9.17, 15) is 15.0 Å². The van der Waals surface area contributed by atoms with Crippen LogP contribution in [-0.2, 0) is 11.3 Å². The van der Waals surface area contributed by atoms with Gasteiger partial charge in [0.15, 0.2) is 0 Å². The lowest BCUT2D eigenvalue weighted by atomic mass is 10.0. The third-order valence-electron chi connectivity index (χ3n) is 5.52. The first kappa shape index (κ1) is 23.5. The van der Waals surface area contributed by atoms with Gasteiger partial charge in [0, 0.05) is 42.3 Å². The van der Waals surface area contributed by atoms with Crippen LogP contribution in [0.3, 0.4) is 0 Å². The molecule has 178 valence electrons. The Hall–Kier alpha value is -4.63. The predicted molar refractivity (Wildman–Crippen MR) is 138 cm³/mol. The Kier molecular flexibility index (Phi) is 6.79. The molecule has 1 amide bonds. The summed E-state index contributed by atoms with van der Waals surface area (Å²) < 4.78 is 1.89. The maximum absolute atomic E-state index is 12.6. The molecule has 0 radical (unpaired) electrons. The van der Waals surface area contributed by atoms with Gasteiger partial charge in [-0.05, 0) is 42.0 Å². The monoisotopic (exact) mass is 470 g/mol. The van der Waals surface area contributed by atoms with Gasteiger partial charge in [-0.25, -0.2) is 9.97 Å². The summed E-state index contributed by atoms with van der Waals surface area (Å²) in [4.78, 5) is 22.8. The number of carbonyl (C=O) groups is 1. The molecule has 0 fully saturated rings. The zero-order chi connectivity index (χ0) is 24.9. The highest BCUT2D eigenvalue weighted by molar-refractivity contribution is 6.02. The number of benzene rings is 2. The summed E-state index contributed by atoms with van der Waals surface area (Å²) in [5.41, 5.74) is 9.42. The van der Waals surface area contributed by atoms with E-state index in [0.29, 0.717) is 40.9 Å². The number of fused-ring (bicyclic) bond motifs is 1. The van der Waals surface area contributed by atoms with Gasteiger partial charge in [0.1, 0.15) is 29.8 Å². The second-order valence-corrected chi connectivity index (χ2v) is 7.82. The average molecular weight is 471 g/mol. The van der Waals surface area contributed by atoms with E-state index in [2.05, 4.69) is 28.4 Å². The van der Waals surface area contributed by atoms with E-state index in [4.69, 9.17) is 5.73 Å². The van der Waals surface area contributed by atoms with Crippen molar-refractivity contribution in [2.24, 2.45) is 0 Å². The first-order valence-electron chi connectivity index (χ1n) is 10.9. The van der Waals surface area contributed by atoms with Crippen LogP contribution in [0, 0.1) is 0 Å². The summed E-state index contributed by atoms with van der Waals surface area (Å²) >= 11 is 0. The van der Waals surface area contributed by atoms with Crippen molar-refractivity contribution < 1.29 is 15.0 Å². The zero-order valence-electron chi connectivity index (χ0n) is 19.0. The van der Waals surface area contributed by atoms with Crippen LogP contribution < -0.4 is 16.0 Å². The van der Waals surface area contributed by atoms with E-state index in [1.54, 1.807) is 17.0 Å². The van der Waals surface area contributed by atoms with E-state index in [1.165, 1.54) is 24.5 Å². The van der Waals surface area contributed by atoms with Crippen molar-refractivity contribution >= 4 is 34.1 Å². The maximum atomic E-state index is 12.6. The Labute approximate surface area is 202 Å². The number of hydrogen-bond acceptors (Lipinski definition) is 7. The van der Waals surface area contributed by atoms with Gasteiger partial charge in [0.25, 0.3) is 0 Å². The molecular weight excluding hydrogens is 444 g/mol. The highest BCUT2D eigenvalue weighted by atomic mass is 16.3. The van der Waals surface area contributed by atoms with Crippen molar-refractivity contribution in [1.29, 1.82) is 0 Å². The summed E-state index contributed by atoms with van der Waals surface area (Å²) in [7, 11) is 0. The number of nitrogen functional groups attached to an aromatic ring is 1. The normalized spacial score (nSPS) is 11.7. The number of aliphatic hydroxyl groups is 1. The van der Waals surface area contributed by atoms with Crippen molar-refractivity contribution in [1.82, 2.24) is 14.5 Å². The van der Waals surface area contributed by atoms with Crippen LogP contribution in [0.25, 0.3) is 22.2 Å². The Morgan fingerprint density at radius 2 is 1.97 bits per heavy atom. The quantitative estimate of drug-likeness (QED) is 0.167. The Morgan fingerprint density at radius 3 is 2.69 bits per heavy atom. The molecule has 1 unspecified atom stereocenters. The minimum absolute atomic E-state index is 0.00409. The molecule has 0 saturated carbocycles. The molecule has 4 rings (SSSR count). The van der Waals surface area contributed by atoms with Gasteiger partial charge < -0.3 is 30.7 Å². The lowest BCUT2D eigenvalue weighted by Crippen LogP contribution is -2.32. The van der Waals surface area contributed by atoms with Gasteiger partial charge >= 0.3 is 0 Å². The Balaban J connectivity index is 1.74. The summed E-state index contributed by atoms with van der Waals surface area (Å²) in [6.45, 7) is 7.95. The average Bonchev–Trinajstić information content (AvgIpc) is 3.24. The SMILES string of the molecule is C=CC(=O)N(CCn1cc(-c2cc(O)cc(NC(O)C=C)c2)c2c(N)ncnc21)c1ccccc1. The molecule has 35 heavy (non-hydrogen) atoms. The molecule has 2 aromatic heterocycles. The van der Waals surface area contributed by atoms with Crippen LogP contribution in [0.1, 0.15) is 0 Å². The number of hydrogen-bond donors (Lipinski definition) is 4. The van der Waals surface area contributed by atoms with Crippen LogP contribution in [-0.4, -0.2) is 43.4 Å². The molecule has 1 atom stereocenters.